The maximum atomic E-state index is 10.8. The van der Waals surface area contributed by atoms with Crippen molar-refractivity contribution in [1.82, 2.24) is 0 Å². The normalized spacial score (nSPS) is 16.3. The van der Waals surface area contributed by atoms with Crippen LogP contribution in [0.5, 0.6) is 0 Å². The Bertz CT molecular complexity index is 300. The summed E-state index contributed by atoms with van der Waals surface area (Å²) in [5, 5.41) is 9.54. The van der Waals surface area contributed by atoms with Crippen molar-refractivity contribution in [2.45, 2.75) is 39.5 Å². The number of Topliss-reactive ketones (excluding diaryl/α,β-unsaturated/α-hetero) is 1. The van der Waals surface area contributed by atoms with Gasteiger partial charge < -0.3 is 14.6 Å². The van der Waals surface area contributed by atoms with E-state index in [1.807, 2.05) is 13.0 Å². The molecule has 0 saturated carbocycles. The van der Waals surface area contributed by atoms with Gasteiger partial charge >= 0.3 is 0 Å². The summed E-state index contributed by atoms with van der Waals surface area (Å²) in [6.07, 6.45) is 4.67. The third-order valence-corrected chi connectivity index (χ3v) is 2.40. The molecule has 0 aromatic carbocycles. The quantitative estimate of drug-likeness (QED) is 0.759. The maximum Gasteiger partial charge on any atom is 0.156 e. The molecule has 0 aliphatic heterocycles. The summed E-state index contributed by atoms with van der Waals surface area (Å²) in [7, 11) is 0. The molecule has 0 aromatic heterocycles. The van der Waals surface area contributed by atoms with E-state index in [2.05, 4.69) is 0 Å². The van der Waals surface area contributed by atoms with Gasteiger partial charge in [-0.1, -0.05) is 5.57 Å². The number of ether oxygens (including phenoxy) is 1. The Hall–Kier alpha value is -1.25. The van der Waals surface area contributed by atoms with Gasteiger partial charge in [-0.15, -0.1) is 0 Å². The number of carbonyl (C=O) groups excluding carboxylic acids is 1. The average molecular weight is 210 g/mol. The fourth-order valence-electron chi connectivity index (χ4n) is 1.56. The number of rotatable bonds is 5. The fraction of sp³-hybridized carbons (Fsp3) is 0.583. The number of aliphatic hydroxyl groups is 1. The van der Waals surface area contributed by atoms with Gasteiger partial charge in [0.05, 0.1) is 6.61 Å². The lowest BCUT2D eigenvalue weighted by Gasteiger charge is -2.16. The Morgan fingerprint density at radius 3 is 2.87 bits per heavy atom. The molecule has 1 aliphatic carbocycles. The molecule has 1 N–H and O–H groups in total. The minimum Gasteiger partial charge on any atom is -0.508 e. The van der Waals surface area contributed by atoms with Crippen molar-refractivity contribution in [2.24, 2.45) is 0 Å². The van der Waals surface area contributed by atoms with E-state index in [-0.39, 0.29) is 5.78 Å². The van der Waals surface area contributed by atoms with Crippen LogP contribution in [0.2, 0.25) is 0 Å². The van der Waals surface area contributed by atoms with E-state index in [4.69, 9.17) is 4.74 Å². The van der Waals surface area contributed by atoms with Crippen LogP contribution in [0.3, 0.4) is 0 Å². The summed E-state index contributed by atoms with van der Waals surface area (Å²) in [4.78, 5) is 10.8. The van der Waals surface area contributed by atoms with Gasteiger partial charge in [0.15, 0.2) is 5.76 Å². The van der Waals surface area contributed by atoms with E-state index in [0.717, 1.165) is 12.8 Å². The second-order valence-electron chi connectivity index (χ2n) is 3.75. The van der Waals surface area contributed by atoms with Crippen LogP contribution in [-0.2, 0) is 9.53 Å². The van der Waals surface area contributed by atoms with Crippen LogP contribution in [0.1, 0.15) is 39.5 Å². The fourth-order valence-corrected chi connectivity index (χ4v) is 1.56. The highest BCUT2D eigenvalue weighted by atomic mass is 16.5. The van der Waals surface area contributed by atoms with Crippen LogP contribution in [0.15, 0.2) is 23.2 Å². The molecule has 84 valence electrons. The Morgan fingerprint density at radius 2 is 2.27 bits per heavy atom. The van der Waals surface area contributed by atoms with E-state index >= 15 is 0 Å². The molecule has 0 saturated heterocycles. The molecule has 0 bridgehead atoms. The van der Waals surface area contributed by atoms with Crippen molar-refractivity contribution in [3.8, 4) is 0 Å². The van der Waals surface area contributed by atoms with Gasteiger partial charge in [-0.05, 0) is 32.8 Å². The molecule has 0 amide bonds. The van der Waals surface area contributed by atoms with Crippen LogP contribution in [-0.4, -0.2) is 17.5 Å². The SMILES string of the molecule is CCOC1=C(O)CCC(CCC(C)=O)=C1. The second-order valence-corrected chi connectivity index (χ2v) is 3.75. The Morgan fingerprint density at radius 1 is 1.53 bits per heavy atom. The van der Waals surface area contributed by atoms with Gasteiger partial charge in [0.25, 0.3) is 0 Å². The van der Waals surface area contributed by atoms with Crippen molar-refractivity contribution in [3.63, 3.8) is 0 Å². The molecule has 0 heterocycles. The van der Waals surface area contributed by atoms with Crippen LogP contribution >= 0.6 is 0 Å². The molecule has 0 fully saturated rings. The largest absolute Gasteiger partial charge is 0.508 e. The highest BCUT2D eigenvalue weighted by Crippen LogP contribution is 2.25. The van der Waals surface area contributed by atoms with Gasteiger partial charge in [-0.2, -0.15) is 0 Å². The molecule has 0 unspecified atom stereocenters. The van der Waals surface area contributed by atoms with Crippen LogP contribution in [0.4, 0.5) is 0 Å². The lowest BCUT2D eigenvalue weighted by molar-refractivity contribution is -0.116. The van der Waals surface area contributed by atoms with Crippen molar-refractivity contribution in [2.75, 3.05) is 6.61 Å². The summed E-state index contributed by atoms with van der Waals surface area (Å²) in [5.74, 6) is 1.10. The molecule has 0 spiro atoms. The highest BCUT2D eigenvalue weighted by molar-refractivity contribution is 5.75. The zero-order chi connectivity index (χ0) is 11.3. The molecule has 15 heavy (non-hydrogen) atoms. The summed E-state index contributed by atoms with van der Waals surface area (Å²) in [5.41, 5.74) is 1.19. The lowest BCUT2D eigenvalue weighted by Crippen LogP contribution is -2.03. The molecule has 3 nitrogen and oxygen atoms in total. The van der Waals surface area contributed by atoms with E-state index in [9.17, 15) is 9.90 Å². The van der Waals surface area contributed by atoms with Crippen LogP contribution in [0.25, 0.3) is 0 Å². The Kier molecular flexibility index (Phi) is 4.40. The summed E-state index contributed by atoms with van der Waals surface area (Å²) >= 11 is 0. The molecule has 3 heteroatoms. The third kappa shape index (κ3) is 3.78. The third-order valence-electron chi connectivity index (χ3n) is 2.40. The first kappa shape index (κ1) is 11.8. The van der Waals surface area contributed by atoms with E-state index in [1.54, 1.807) is 6.92 Å². The van der Waals surface area contributed by atoms with E-state index < -0.39 is 0 Å². The molecule has 0 aromatic rings. The zero-order valence-electron chi connectivity index (χ0n) is 9.38. The molecule has 1 aliphatic rings. The number of aliphatic hydroxyl groups excluding tert-OH is 1. The summed E-state index contributed by atoms with van der Waals surface area (Å²) in [6.45, 7) is 4.04. The first-order chi connectivity index (χ1) is 7.13. The van der Waals surface area contributed by atoms with Crippen molar-refractivity contribution in [1.29, 1.82) is 0 Å². The number of hydrogen-bond donors (Lipinski definition) is 1. The van der Waals surface area contributed by atoms with Crippen LogP contribution < -0.4 is 0 Å². The number of hydrogen-bond acceptors (Lipinski definition) is 3. The topological polar surface area (TPSA) is 46.5 Å². The predicted molar refractivity (Wildman–Crippen MR) is 58.5 cm³/mol. The number of carbonyl (C=O) groups is 1. The number of ketones is 1. The molecule has 1 rings (SSSR count). The van der Waals surface area contributed by atoms with Gasteiger partial charge in [0.2, 0.25) is 0 Å². The molecule has 0 radical (unpaired) electrons. The summed E-state index contributed by atoms with van der Waals surface area (Å²) in [6, 6.07) is 0. The first-order valence-corrected chi connectivity index (χ1v) is 5.37. The van der Waals surface area contributed by atoms with Gasteiger partial charge in [0, 0.05) is 12.8 Å². The highest BCUT2D eigenvalue weighted by Gasteiger charge is 2.13. The Labute approximate surface area is 90.4 Å². The first-order valence-electron chi connectivity index (χ1n) is 5.37. The summed E-state index contributed by atoms with van der Waals surface area (Å²) < 4.78 is 5.30. The van der Waals surface area contributed by atoms with Gasteiger partial charge in [-0.3, -0.25) is 0 Å². The standard InChI is InChI=1S/C12H18O3/c1-3-15-12-8-10(5-4-9(2)13)6-7-11(12)14/h8,14H,3-7H2,1-2H3. The van der Waals surface area contributed by atoms with Gasteiger partial charge in [0.1, 0.15) is 11.5 Å². The van der Waals surface area contributed by atoms with E-state index in [0.29, 0.717) is 31.0 Å². The molecule has 0 atom stereocenters. The van der Waals surface area contributed by atoms with E-state index in [1.165, 1.54) is 5.57 Å². The molecular formula is C12H18O3. The van der Waals surface area contributed by atoms with Crippen LogP contribution in [0, 0.1) is 0 Å². The van der Waals surface area contributed by atoms with Crippen molar-refractivity contribution in [3.05, 3.63) is 23.2 Å². The number of allylic oxidation sites excluding steroid dienone is 3. The average Bonchev–Trinajstić information content (AvgIpc) is 2.19. The second kappa shape index (κ2) is 5.59. The minimum atomic E-state index is 0.202. The zero-order valence-corrected chi connectivity index (χ0v) is 9.38. The maximum absolute atomic E-state index is 10.8. The monoisotopic (exact) mass is 210 g/mol. The lowest BCUT2D eigenvalue weighted by atomic mass is 9.97. The molecular weight excluding hydrogens is 192 g/mol. The predicted octanol–water partition coefficient (Wildman–Crippen LogP) is 2.88. The Balaban J connectivity index is 2.60. The van der Waals surface area contributed by atoms with Gasteiger partial charge in [-0.25, -0.2) is 0 Å². The smallest absolute Gasteiger partial charge is 0.156 e. The van der Waals surface area contributed by atoms with Crippen molar-refractivity contribution >= 4 is 5.78 Å². The van der Waals surface area contributed by atoms with Crippen molar-refractivity contribution < 1.29 is 14.6 Å². The minimum absolute atomic E-state index is 0.202.